The van der Waals surface area contributed by atoms with E-state index in [4.69, 9.17) is 0 Å². The van der Waals surface area contributed by atoms with Crippen molar-refractivity contribution in [3.05, 3.63) is 41.2 Å². The minimum absolute atomic E-state index is 0.106. The Morgan fingerprint density at radius 1 is 1.21 bits per heavy atom. The van der Waals surface area contributed by atoms with Crippen LogP contribution in [0.4, 0.5) is 30.2 Å². The summed E-state index contributed by atoms with van der Waals surface area (Å²) in [4.78, 5) is 20.8. The van der Waals surface area contributed by atoms with E-state index in [0.29, 0.717) is 17.3 Å². The first-order chi connectivity index (χ1) is 16.1. The molecule has 2 heterocycles. The Morgan fingerprint density at radius 2 is 1.94 bits per heavy atom. The van der Waals surface area contributed by atoms with E-state index in [1.807, 2.05) is 6.07 Å². The highest BCUT2D eigenvalue weighted by molar-refractivity contribution is 7.90. The summed E-state index contributed by atoms with van der Waals surface area (Å²) in [5, 5.41) is 3.05. The number of aliphatic imine (C=N–C) groups is 1. The van der Waals surface area contributed by atoms with Gasteiger partial charge in [-0.1, -0.05) is 12.5 Å². The third kappa shape index (κ3) is 4.47. The second kappa shape index (κ2) is 8.48. The summed E-state index contributed by atoms with van der Waals surface area (Å²) in [7, 11) is -3.60. The Kier molecular flexibility index (Phi) is 5.74. The van der Waals surface area contributed by atoms with E-state index in [9.17, 15) is 26.4 Å². The number of hydrogen-bond donors (Lipinski definition) is 1. The average Bonchev–Trinajstić information content (AvgIpc) is 3.28. The second-order valence-corrected chi connectivity index (χ2v) is 11.3. The summed E-state index contributed by atoms with van der Waals surface area (Å²) in [6, 6.07) is 6.72. The van der Waals surface area contributed by atoms with Crippen LogP contribution >= 0.6 is 0 Å². The molecule has 1 aromatic heterocycles. The number of nitrogens with zero attached hydrogens (tertiary/aromatic N) is 2. The number of rotatable bonds is 8. The van der Waals surface area contributed by atoms with Gasteiger partial charge in [0.05, 0.1) is 39.3 Å². The summed E-state index contributed by atoms with van der Waals surface area (Å²) in [5.74, 6) is -0.604. The lowest BCUT2D eigenvalue weighted by molar-refractivity contribution is -0.120. The number of pyridine rings is 1. The molecule has 0 amide bonds. The third-order valence-corrected chi connectivity index (χ3v) is 7.84. The van der Waals surface area contributed by atoms with Gasteiger partial charge in [-0.3, -0.25) is 9.78 Å². The first-order valence-electron chi connectivity index (χ1n) is 11.3. The molecule has 1 aliphatic heterocycles. The molecule has 1 N–H and O–H groups in total. The molecule has 180 valence electrons. The minimum Gasteiger partial charge on any atom is -0.353 e. The van der Waals surface area contributed by atoms with Crippen LogP contribution in [0.25, 0.3) is 0 Å². The SMILES string of the molecule is CS(=O)(=O)c1cc(C2CCC2)ccc1Nc1cc(CC(=O)[C@H]2C[C@H]2F)nc2c1N=C(C(F)F)C2. The van der Waals surface area contributed by atoms with Crippen molar-refractivity contribution in [2.24, 2.45) is 10.9 Å². The number of aromatic nitrogens is 1. The number of halogens is 3. The summed E-state index contributed by atoms with van der Waals surface area (Å²) < 4.78 is 65.2. The molecule has 1 aromatic carbocycles. The van der Waals surface area contributed by atoms with Crippen LogP contribution in [0.3, 0.4) is 0 Å². The van der Waals surface area contributed by atoms with Crippen LogP contribution in [0.1, 0.15) is 48.6 Å². The highest BCUT2D eigenvalue weighted by Crippen LogP contribution is 2.42. The Morgan fingerprint density at radius 3 is 2.53 bits per heavy atom. The first kappa shape index (κ1) is 23.0. The molecule has 5 rings (SSSR count). The van der Waals surface area contributed by atoms with E-state index in [2.05, 4.69) is 15.3 Å². The molecular formula is C24H24F3N3O3S. The minimum atomic E-state index is -3.60. The molecule has 2 saturated carbocycles. The highest BCUT2D eigenvalue weighted by atomic mass is 32.2. The van der Waals surface area contributed by atoms with Gasteiger partial charge in [0.25, 0.3) is 6.43 Å². The third-order valence-electron chi connectivity index (χ3n) is 6.71. The quantitative estimate of drug-likeness (QED) is 0.570. The van der Waals surface area contributed by atoms with Crippen molar-refractivity contribution in [2.75, 3.05) is 11.6 Å². The van der Waals surface area contributed by atoms with Crippen LogP contribution in [0, 0.1) is 5.92 Å². The molecule has 0 unspecified atom stereocenters. The zero-order valence-corrected chi connectivity index (χ0v) is 19.3. The van der Waals surface area contributed by atoms with Crippen LogP contribution in [0.15, 0.2) is 34.2 Å². The molecule has 3 aliphatic rings. The Hall–Kier alpha value is -2.75. The molecule has 6 nitrogen and oxygen atoms in total. The van der Waals surface area contributed by atoms with Crippen molar-refractivity contribution >= 4 is 38.4 Å². The number of anilines is 2. The highest BCUT2D eigenvalue weighted by Gasteiger charge is 2.43. The number of nitrogens with one attached hydrogen (secondary N) is 1. The van der Waals surface area contributed by atoms with E-state index in [-0.39, 0.29) is 52.7 Å². The predicted octanol–water partition coefficient (Wildman–Crippen LogP) is 4.86. The van der Waals surface area contributed by atoms with E-state index in [0.717, 1.165) is 31.1 Å². The normalized spacial score (nSPS) is 21.7. The fraction of sp³-hybridized carbons (Fsp3) is 0.458. The number of carbonyl (C=O) groups is 1. The van der Waals surface area contributed by atoms with Crippen molar-refractivity contribution in [1.82, 2.24) is 4.98 Å². The van der Waals surface area contributed by atoms with Crippen LogP contribution in [0.5, 0.6) is 0 Å². The largest absolute Gasteiger partial charge is 0.353 e. The Balaban J connectivity index is 1.53. The predicted molar refractivity (Wildman–Crippen MR) is 122 cm³/mol. The van der Waals surface area contributed by atoms with Crippen LogP contribution in [-0.2, 0) is 27.5 Å². The van der Waals surface area contributed by atoms with Gasteiger partial charge in [-0.15, -0.1) is 0 Å². The van der Waals surface area contributed by atoms with Crippen molar-refractivity contribution in [1.29, 1.82) is 0 Å². The number of Topliss-reactive ketones (excluding diaryl/α,β-unsaturated/α-hetero) is 1. The summed E-state index contributed by atoms with van der Waals surface area (Å²) >= 11 is 0. The van der Waals surface area contributed by atoms with Gasteiger partial charge in [0.1, 0.15) is 17.6 Å². The van der Waals surface area contributed by atoms with Crippen molar-refractivity contribution < 1.29 is 26.4 Å². The lowest BCUT2D eigenvalue weighted by Gasteiger charge is -2.26. The lowest BCUT2D eigenvalue weighted by Crippen LogP contribution is -2.12. The maximum absolute atomic E-state index is 13.4. The number of ketones is 1. The number of carbonyl (C=O) groups excluding carboxylic acids is 1. The zero-order valence-electron chi connectivity index (χ0n) is 18.5. The van der Waals surface area contributed by atoms with E-state index >= 15 is 0 Å². The summed E-state index contributed by atoms with van der Waals surface area (Å²) in [5.41, 5.74) is 1.98. The van der Waals surface area contributed by atoms with Gasteiger partial charge >= 0.3 is 0 Å². The van der Waals surface area contributed by atoms with E-state index in [1.54, 1.807) is 12.1 Å². The van der Waals surface area contributed by atoms with Gasteiger partial charge in [-0.2, -0.15) is 0 Å². The lowest BCUT2D eigenvalue weighted by atomic mass is 9.80. The van der Waals surface area contributed by atoms with Gasteiger partial charge in [-0.25, -0.2) is 26.6 Å². The fourth-order valence-corrected chi connectivity index (χ4v) is 5.33. The van der Waals surface area contributed by atoms with Gasteiger partial charge < -0.3 is 5.32 Å². The maximum atomic E-state index is 13.4. The van der Waals surface area contributed by atoms with Gasteiger partial charge in [-0.05, 0) is 48.9 Å². The number of fused-ring (bicyclic) bond motifs is 1. The van der Waals surface area contributed by atoms with Crippen LogP contribution in [0.2, 0.25) is 0 Å². The molecule has 2 atom stereocenters. The monoisotopic (exact) mass is 491 g/mol. The average molecular weight is 492 g/mol. The molecule has 2 aromatic rings. The molecule has 0 bridgehead atoms. The van der Waals surface area contributed by atoms with Crippen molar-refractivity contribution in [3.8, 4) is 0 Å². The van der Waals surface area contributed by atoms with Crippen LogP contribution < -0.4 is 5.32 Å². The van der Waals surface area contributed by atoms with Gasteiger partial charge in [0.2, 0.25) is 0 Å². The number of sulfone groups is 1. The fourth-order valence-electron chi connectivity index (χ4n) is 4.46. The number of benzene rings is 1. The zero-order chi connectivity index (χ0) is 24.2. The molecule has 2 aliphatic carbocycles. The standard InChI is InChI=1S/C24H24F3N3O3S/c1-34(32,33)22-7-13(12-3-2-4-12)5-6-17(22)29-18-8-14(9-21(31)15-10-16(15)25)28-19-11-20(24(26)27)30-23(18)19/h5-8,12,15-16,24H,2-4,9-11H2,1H3,(H,28,29)/t15-,16+/m0/s1. The van der Waals surface area contributed by atoms with Crippen LogP contribution in [-0.4, -0.2) is 43.7 Å². The summed E-state index contributed by atoms with van der Waals surface area (Å²) in [6.45, 7) is 0. The topological polar surface area (TPSA) is 88.5 Å². The molecule has 0 saturated heterocycles. The van der Waals surface area contributed by atoms with Crippen molar-refractivity contribution in [2.45, 2.75) is 61.9 Å². The molecular weight excluding hydrogens is 467 g/mol. The van der Waals surface area contributed by atoms with E-state index in [1.165, 1.54) is 6.07 Å². The summed E-state index contributed by atoms with van der Waals surface area (Å²) in [6.07, 6.45) is 0.244. The van der Waals surface area contributed by atoms with Gasteiger partial charge in [0.15, 0.2) is 9.84 Å². The second-order valence-electron chi connectivity index (χ2n) is 9.32. The molecule has 34 heavy (non-hydrogen) atoms. The Labute approximate surface area is 195 Å². The van der Waals surface area contributed by atoms with Gasteiger partial charge in [0, 0.05) is 19.1 Å². The first-order valence-corrected chi connectivity index (χ1v) is 13.2. The molecule has 2 fully saturated rings. The molecule has 10 heteroatoms. The number of alkyl halides is 3. The molecule has 0 radical (unpaired) electrons. The Bertz CT molecular complexity index is 1310. The maximum Gasteiger partial charge on any atom is 0.277 e. The van der Waals surface area contributed by atoms with E-state index < -0.39 is 28.4 Å². The molecule has 0 spiro atoms. The number of hydrogen-bond acceptors (Lipinski definition) is 6. The van der Waals surface area contributed by atoms with Crippen molar-refractivity contribution in [3.63, 3.8) is 0 Å². The smallest absolute Gasteiger partial charge is 0.277 e.